The predicted octanol–water partition coefficient (Wildman–Crippen LogP) is 15.6. The molecule has 0 spiro atoms. The van der Waals surface area contributed by atoms with Gasteiger partial charge in [-0.25, -0.2) is 0 Å². The van der Waals surface area contributed by atoms with Crippen molar-refractivity contribution in [2.45, 2.75) is 19.3 Å². The smallest absolute Gasteiger partial charge is 0.0561 e. The van der Waals surface area contributed by atoms with Crippen LogP contribution in [-0.2, 0) is 5.41 Å². The van der Waals surface area contributed by atoms with E-state index in [-0.39, 0.29) is 5.41 Å². The summed E-state index contributed by atoms with van der Waals surface area (Å²) in [6.45, 7) is 4.73. The summed E-state index contributed by atoms with van der Waals surface area (Å²) in [7, 11) is 0. The molecule has 0 atom stereocenters. The van der Waals surface area contributed by atoms with Gasteiger partial charge in [-0.1, -0.05) is 190 Å². The van der Waals surface area contributed by atoms with Crippen LogP contribution in [0.3, 0.4) is 0 Å². The van der Waals surface area contributed by atoms with Crippen molar-refractivity contribution in [1.29, 1.82) is 0 Å². The first-order chi connectivity index (χ1) is 29.1. The van der Waals surface area contributed by atoms with E-state index in [1.54, 1.807) is 0 Å². The van der Waals surface area contributed by atoms with Gasteiger partial charge in [-0.3, -0.25) is 0 Å². The van der Waals surface area contributed by atoms with Gasteiger partial charge in [0.25, 0.3) is 0 Å². The molecule has 1 aliphatic carbocycles. The van der Waals surface area contributed by atoms with Crippen molar-refractivity contribution in [3.63, 3.8) is 0 Å². The molecule has 0 saturated carbocycles. The van der Waals surface area contributed by atoms with Crippen LogP contribution >= 0.6 is 0 Å². The minimum absolute atomic E-state index is 0.148. The summed E-state index contributed by atoms with van der Waals surface area (Å²) in [5.74, 6) is 0. The Morgan fingerprint density at radius 1 is 0.373 bits per heavy atom. The largest absolute Gasteiger partial charge is 0.309 e. The van der Waals surface area contributed by atoms with Crippen molar-refractivity contribution >= 4 is 38.9 Å². The Labute approximate surface area is 345 Å². The molecule has 280 valence electrons. The third-order valence-corrected chi connectivity index (χ3v) is 12.4. The molecular weight excluding hydrogens is 713 g/mol. The number of aromatic nitrogens is 1. The van der Waals surface area contributed by atoms with Gasteiger partial charge in [0, 0.05) is 38.7 Å². The van der Waals surface area contributed by atoms with Gasteiger partial charge in [0.1, 0.15) is 0 Å². The van der Waals surface area contributed by atoms with Crippen LogP contribution < -0.4 is 4.90 Å². The SMILES string of the molecule is CC1(C)c2ccccc2-c2c(N(c3ccc4c5ccccc5n(-c5ccccc5)c4c3)c3ccccc3-c3ccccc3-c3ccccc3-c3ccccc3)cccc21. The summed E-state index contributed by atoms with van der Waals surface area (Å²) in [6, 6.07) is 79.9. The summed E-state index contributed by atoms with van der Waals surface area (Å²) in [5, 5.41) is 2.47. The van der Waals surface area contributed by atoms with Crippen LogP contribution in [0.2, 0.25) is 0 Å². The molecule has 0 radical (unpaired) electrons. The van der Waals surface area contributed by atoms with Crippen molar-refractivity contribution < 1.29 is 0 Å². The molecule has 0 unspecified atom stereocenters. The van der Waals surface area contributed by atoms with Crippen molar-refractivity contribution in [2.24, 2.45) is 0 Å². The normalized spacial score (nSPS) is 12.7. The van der Waals surface area contributed by atoms with E-state index in [0.717, 1.165) is 28.3 Å². The highest BCUT2D eigenvalue weighted by Gasteiger charge is 2.38. The molecule has 2 nitrogen and oxygen atoms in total. The monoisotopic (exact) mass is 754 g/mol. The Hall–Kier alpha value is -7.42. The molecule has 0 aliphatic heterocycles. The number of anilines is 3. The number of fused-ring (bicyclic) bond motifs is 6. The lowest BCUT2D eigenvalue weighted by Crippen LogP contribution is -2.16. The summed E-state index contributed by atoms with van der Waals surface area (Å²) >= 11 is 0. The van der Waals surface area contributed by atoms with Crippen molar-refractivity contribution in [3.05, 3.63) is 230 Å². The maximum absolute atomic E-state index is 2.53. The van der Waals surface area contributed by atoms with Crippen LogP contribution in [0, 0.1) is 0 Å². The molecule has 9 aromatic carbocycles. The first-order valence-corrected chi connectivity index (χ1v) is 20.5. The molecule has 1 aliphatic rings. The minimum Gasteiger partial charge on any atom is -0.309 e. The lowest BCUT2D eigenvalue weighted by atomic mass is 9.82. The molecule has 0 amide bonds. The fourth-order valence-corrected chi connectivity index (χ4v) is 9.72. The minimum atomic E-state index is -0.148. The zero-order valence-electron chi connectivity index (χ0n) is 33.2. The fraction of sp³-hybridized carbons (Fsp3) is 0.0526. The number of hydrogen-bond acceptors (Lipinski definition) is 1. The number of nitrogens with zero attached hydrogens (tertiary/aromatic N) is 2. The molecule has 0 bridgehead atoms. The van der Waals surface area contributed by atoms with E-state index >= 15 is 0 Å². The van der Waals surface area contributed by atoms with Crippen LogP contribution in [0.5, 0.6) is 0 Å². The fourth-order valence-electron chi connectivity index (χ4n) is 9.72. The maximum Gasteiger partial charge on any atom is 0.0561 e. The van der Waals surface area contributed by atoms with E-state index in [1.807, 2.05) is 0 Å². The number of benzene rings is 9. The Balaban J connectivity index is 1.20. The second-order valence-electron chi connectivity index (χ2n) is 16.1. The van der Waals surface area contributed by atoms with Gasteiger partial charge in [-0.15, -0.1) is 0 Å². The van der Waals surface area contributed by atoms with Crippen molar-refractivity contribution in [2.75, 3.05) is 4.90 Å². The molecule has 1 heterocycles. The van der Waals surface area contributed by atoms with Crippen LogP contribution in [0.15, 0.2) is 218 Å². The number of hydrogen-bond donors (Lipinski definition) is 0. The summed E-state index contributed by atoms with van der Waals surface area (Å²) < 4.78 is 2.42. The zero-order valence-corrected chi connectivity index (χ0v) is 33.2. The average molecular weight is 755 g/mol. The Morgan fingerprint density at radius 3 is 1.66 bits per heavy atom. The van der Waals surface area contributed by atoms with Gasteiger partial charge in [0.15, 0.2) is 0 Å². The summed E-state index contributed by atoms with van der Waals surface area (Å²) in [5.41, 5.74) is 19.2. The van der Waals surface area contributed by atoms with E-state index in [4.69, 9.17) is 0 Å². The van der Waals surface area contributed by atoms with Gasteiger partial charge >= 0.3 is 0 Å². The molecule has 2 heteroatoms. The van der Waals surface area contributed by atoms with Gasteiger partial charge < -0.3 is 9.47 Å². The van der Waals surface area contributed by atoms with Crippen molar-refractivity contribution in [1.82, 2.24) is 4.57 Å². The molecule has 0 saturated heterocycles. The van der Waals surface area contributed by atoms with Crippen LogP contribution in [-0.4, -0.2) is 4.57 Å². The van der Waals surface area contributed by atoms with Gasteiger partial charge in [0.05, 0.1) is 22.4 Å². The van der Waals surface area contributed by atoms with Gasteiger partial charge in [0.2, 0.25) is 0 Å². The number of para-hydroxylation sites is 3. The third-order valence-electron chi connectivity index (χ3n) is 12.4. The van der Waals surface area contributed by atoms with E-state index in [2.05, 4.69) is 242 Å². The second-order valence-corrected chi connectivity index (χ2v) is 16.1. The highest BCUT2D eigenvalue weighted by Crippen LogP contribution is 2.55. The summed E-state index contributed by atoms with van der Waals surface area (Å²) in [6.07, 6.45) is 0. The standard InChI is InChI=1S/C57H42N2/c1-57(2)50-31-16-13-30-49(50)56-51(57)32-19-35-54(56)59(41-36-37-48-47-29-15-18-34-53(47)58(55(48)38-41)40-22-7-4-8-23-40)52-33-17-14-28-46(52)45-27-12-11-26-44(45)43-25-10-9-24-42(43)39-20-5-3-6-21-39/h3-38H,1-2H3. The first-order valence-electron chi connectivity index (χ1n) is 20.5. The lowest BCUT2D eigenvalue weighted by Gasteiger charge is -2.31. The summed E-state index contributed by atoms with van der Waals surface area (Å²) in [4.78, 5) is 2.53. The molecule has 59 heavy (non-hydrogen) atoms. The van der Waals surface area contributed by atoms with Crippen LogP contribution in [0.4, 0.5) is 17.1 Å². The molecule has 1 aromatic heterocycles. The van der Waals surface area contributed by atoms with Crippen LogP contribution in [0.1, 0.15) is 25.0 Å². The quantitative estimate of drug-likeness (QED) is 0.157. The highest BCUT2D eigenvalue weighted by molar-refractivity contribution is 6.11. The zero-order chi connectivity index (χ0) is 39.5. The molecule has 0 fully saturated rings. The Morgan fingerprint density at radius 2 is 0.898 bits per heavy atom. The highest BCUT2D eigenvalue weighted by atomic mass is 15.2. The average Bonchev–Trinajstić information content (AvgIpc) is 3.75. The number of rotatable bonds is 7. The Bertz CT molecular complexity index is 3190. The second kappa shape index (κ2) is 13.9. The van der Waals surface area contributed by atoms with Crippen molar-refractivity contribution in [3.8, 4) is 50.2 Å². The topological polar surface area (TPSA) is 8.17 Å². The first kappa shape index (κ1) is 34.8. The Kier molecular flexibility index (Phi) is 8.20. The predicted molar refractivity (Wildman–Crippen MR) is 249 cm³/mol. The van der Waals surface area contributed by atoms with E-state index < -0.39 is 0 Å². The molecule has 10 aromatic rings. The van der Waals surface area contributed by atoms with E-state index in [1.165, 1.54) is 71.9 Å². The molecule has 11 rings (SSSR count). The maximum atomic E-state index is 2.53. The molecule has 0 N–H and O–H groups in total. The molecular formula is C57H42N2. The van der Waals surface area contributed by atoms with E-state index in [0.29, 0.717) is 0 Å². The lowest BCUT2D eigenvalue weighted by molar-refractivity contribution is 0.660. The van der Waals surface area contributed by atoms with Crippen LogP contribution in [0.25, 0.3) is 72.0 Å². The van der Waals surface area contributed by atoms with Gasteiger partial charge in [-0.05, 0) is 87.0 Å². The van der Waals surface area contributed by atoms with E-state index in [9.17, 15) is 0 Å². The third kappa shape index (κ3) is 5.56. The van der Waals surface area contributed by atoms with Gasteiger partial charge in [-0.2, -0.15) is 0 Å².